The van der Waals surface area contributed by atoms with Crippen molar-refractivity contribution in [1.82, 2.24) is 14.7 Å². The second kappa shape index (κ2) is 9.64. The molecule has 8 heteroatoms. The van der Waals surface area contributed by atoms with E-state index in [0.29, 0.717) is 19.6 Å². The maximum atomic E-state index is 13.6. The average molecular weight is 471 g/mol. The molecule has 5 rings (SSSR count). The SMILES string of the molecule is COc1ccccc1N1CCN(C(=O)N2CCC[C@@]3(CCN(C4CCC(O)CC4)C3=O)C2)CC1. The van der Waals surface area contributed by atoms with E-state index < -0.39 is 5.41 Å². The van der Waals surface area contributed by atoms with Crippen LogP contribution in [0.2, 0.25) is 0 Å². The van der Waals surface area contributed by atoms with Gasteiger partial charge in [-0.05, 0) is 57.1 Å². The number of likely N-dealkylation sites (tertiary alicyclic amines) is 2. The van der Waals surface area contributed by atoms with Gasteiger partial charge in [-0.3, -0.25) is 4.79 Å². The van der Waals surface area contributed by atoms with E-state index in [1.54, 1.807) is 7.11 Å². The molecule has 1 spiro atoms. The predicted molar refractivity (Wildman–Crippen MR) is 130 cm³/mol. The normalized spacial score (nSPS) is 30.2. The first-order valence-corrected chi connectivity index (χ1v) is 12.9. The molecule has 0 unspecified atom stereocenters. The average Bonchev–Trinajstić information content (AvgIpc) is 3.19. The number of aliphatic hydroxyl groups excluding tert-OH is 1. The van der Waals surface area contributed by atoms with Crippen LogP contribution in [-0.2, 0) is 4.79 Å². The molecular weight excluding hydrogens is 432 g/mol. The minimum absolute atomic E-state index is 0.0748. The molecule has 1 aliphatic carbocycles. The number of ether oxygens (including phenoxy) is 1. The molecule has 0 bridgehead atoms. The van der Waals surface area contributed by atoms with E-state index in [1.165, 1.54) is 0 Å². The lowest BCUT2D eigenvalue weighted by atomic mass is 9.78. The monoisotopic (exact) mass is 470 g/mol. The molecule has 4 fully saturated rings. The first kappa shape index (κ1) is 23.3. The number of para-hydroxylation sites is 2. The smallest absolute Gasteiger partial charge is 0.320 e. The Morgan fingerprint density at radius 3 is 2.44 bits per heavy atom. The maximum Gasteiger partial charge on any atom is 0.320 e. The predicted octanol–water partition coefficient (Wildman–Crippen LogP) is 2.56. The van der Waals surface area contributed by atoms with Crippen LogP contribution < -0.4 is 9.64 Å². The highest BCUT2D eigenvalue weighted by Crippen LogP contribution is 2.42. The maximum absolute atomic E-state index is 13.6. The zero-order valence-electron chi connectivity index (χ0n) is 20.3. The first-order chi connectivity index (χ1) is 16.5. The van der Waals surface area contributed by atoms with Crippen LogP contribution in [0.3, 0.4) is 0 Å². The molecule has 0 radical (unpaired) electrons. The van der Waals surface area contributed by atoms with Crippen molar-refractivity contribution in [1.29, 1.82) is 0 Å². The Hall–Kier alpha value is -2.48. The van der Waals surface area contributed by atoms with E-state index in [-0.39, 0.29) is 24.1 Å². The molecule has 3 saturated heterocycles. The summed E-state index contributed by atoms with van der Waals surface area (Å²) in [6, 6.07) is 8.35. The van der Waals surface area contributed by atoms with Crippen molar-refractivity contribution in [2.45, 2.75) is 57.1 Å². The van der Waals surface area contributed by atoms with E-state index >= 15 is 0 Å². The summed E-state index contributed by atoms with van der Waals surface area (Å²) in [5, 5.41) is 9.84. The fourth-order valence-electron chi connectivity index (χ4n) is 6.47. The van der Waals surface area contributed by atoms with Crippen molar-refractivity contribution in [2.24, 2.45) is 5.41 Å². The van der Waals surface area contributed by atoms with Gasteiger partial charge in [0.1, 0.15) is 5.75 Å². The second-order valence-electron chi connectivity index (χ2n) is 10.4. The number of rotatable bonds is 3. The fourth-order valence-corrected chi connectivity index (χ4v) is 6.47. The molecule has 1 N–H and O–H groups in total. The van der Waals surface area contributed by atoms with Gasteiger partial charge in [-0.15, -0.1) is 0 Å². The van der Waals surface area contributed by atoms with Crippen molar-refractivity contribution >= 4 is 17.6 Å². The summed E-state index contributed by atoms with van der Waals surface area (Å²) in [5.74, 6) is 1.10. The molecule has 1 saturated carbocycles. The van der Waals surface area contributed by atoms with Gasteiger partial charge >= 0.3 is 6.03 Å². The number of aliphatic hydroxyl groups is 1. The van der Waals surface area contributed by atoms with Gasteiger partial charge in [0.05, 0.1) is 24.3 Å². The van der Waals surface area contributed by atoms with Gasteiger partial charge in [-0.2, -0.15) is 0 Å². The van der Waals surface area contributed by atoms with Gasteiger partial charge in [0.25, 0.3) is 0 Å². The number of piperidine rings is 1. The summed E-state index contributed by atoms with van der Waals surface area (Å²) in [4.78, 5) is 35.2. The highest BCUT2D eigenvalue weighted by molar-refractivity contribution is 5.86. The molecular formula is C26H38N4O4. The van der Waals surface area contributed by atoms with Gasteiger partial charge in [-0.25, -0.2) is 4.79 Å². The van der Waals surface area contributed by atoms with E-state index in [2.05, 4.69) is 15.9 Å². The second-order valence-corrected chi connectivity index (χ2v) is 10.4. The molecule has 3 aliphatic heterocycles. The van der Waals surface area contributed by atoms with Crippen molar-refractivity contribution < 1.29 is 19.4 Å². The topological polar surface area (TPSA) is 76.6 Å². The highest BCUT2D eigenvalue weighted by Gasteiger charge is 2.51. The van der Waals surface area contributed by atoms with Crippen LogP contribution in [-0.4, -0.2) is 96.8 Å². The van der Waals surface area contributed by atoms with Crippen molar-refractivity contribution in [3.05, 3.63) is 24.3 Å². The van der Waals surface area contributed by atoms with Crippen LogP contribution >= 0.6 is 0 Å². The number of hydrogen-bond donors (Lipinski definition) is 1. The Morgan fingerprint density at radius 2 is 1.71 bits per heavy atom. The molecule has 8 nitrogen and oxygen atoms in total. The number of carbonyl (C=O) groups excluding carboxylic acids is 2. The molecule has 3 amide bonds. The summed E-state index contributed by atoms with van der Waals surface area (Å²) in [6.45, 7) is 4.95. The Morgan fingerprint density at radius 1 is 0.971 bits per heavy atom. The summed E-state index contributed by atoms with van der Waals surface area (Å²) in [6.07, 6.45) is 5.74. The van der Waals surface area contributed by atoms with Crippen molar-refractivity contribution in [3.8, 4) is 5.75 Å². The third-order valence-corrected chi connectivity index (χ3v) is 8.48. The van der Waals surface area contributed by atoms with Crippen molar-refractivity contribution in [2.75, 3.05) is 57.8 Å². The molecule has 4 aliphatic rings. The summed E-state index contributed by atoms with van der Waals surface area (Å²) in [7, 11) is 1.69. The third-order valence-electron chi connectivity index (χ3n) is 8.48. The lowest BCUT2D eigenvalue weighted by Crippen LogP contribution is -2.57. The number of carbonyl (C=O) groups is 2. The van der Waals surface area contributed by atoms with E-state index in [1.807, 2.05) is 28.0 Å². The number of nitrogens with zero attached hydrogens (tertiary/aromatic N) is 4. The van der Waals surface area contributed by atoms with Crippen LogP contribution in [0.5, 0.6) is 5.75 Å². The van der Waals surface area contributed by atoms with Crippen LogP contribution in [0.4, 0.5) is 10.5 Å². The van der Waals surface area contributed by atoms with Crippen LogP contribution in [0.1, 0.15) is 44.9 Å². The van der Waals surface area contributed by atoms with Crippen LogP contribution in [0, 0.1) is 5.41 Å². The Kier molecular flexibility index (Phi) is 6.60. The summed E-state index contributed by atoms with van der Waals surface area (Å²) in [5.41, 5.74) is 0.657. The van der Waals surface area contributed by atoms with Gasteiger partial charge in [0.15, 0.2) is 0 Å². The van der Waals surface area contributed by atoms with Gasteiger partial charge in [-0.1, -0.05) is 12.1 Å². The quantitative estimate of drug-likeness (QED) is 0.735. The number of hydrogen-bond acceptors (Lipinski definition) is 5. The van der Waals surface area contributed by atoms with Crippen LogP contribution in [0.25, 0.3) is 0 Å². The summed E-state index contributed by atoms with van der Waals surface area (Å²) >= 11 is 0. The standard InChI is InChI=1S/C26H38N4O4/c1-34-23-6-3-2-5-22(23)27-15-17-28(18-16-27)25(33)29-13-4-11-26(19-29)12-14-30(24(26)32)20-7-9-21(31)10-8-20/h2-3,5-6,20-21,31H,4,7-19H2,1H3/t20?,21?,26-/m1/s1. The van der Waals surface area contributed by atoms with E-state index in [4.69, 9.17) is 4.74 Å². The Labute approximate surface area is 202 Å². The minimum Gasteiger partial charge on any atom is -0.495 e. The molecule has 34 heavy (non-hydrogen) atoms. The number of urea groups is 1. The molecule has 3 heterocycles. The zero-order chi connectivity index (χ0) is 23.7. The lowest BCUT2D eigenvalue weighted by molar-refractivity contribution is -0.141. The zero-order valence-corrected chi connectivity index (χ0v) is 20.3. The van der Waals surface area contributed by atoms with Gasteiger partial charge in [0, 0.05) is 51.9 Å². The molecule has 1 aromatic carbocycles. The number of piperazine rings is 1. The molecule has 1 atom stereocenters. The number of amides is 3. The third kappa shape index (κ3) is 4.32. The Balaban J connectivity index is 1.19. The van der Waals surface area contributed by atoms with E-state index in [9.17, 15) is 14.7 Å². The lowest BCUT2D eigenvalue weighted by Gasteiger charge is -2.43. The van der Waals surface area contributed by atoms with Gasteiger partial charge in [0.2, 0.25) is 5.91 Å². The molecule has 186 valence electrons. The van der Waals surface area contributed by atoms with Gasteiger partial charge < -0.3 is 29.4 Å². The number of methoxy groups -OCH3 is 1. The first-order valence-electron chi connectivity index (χ1n) is 12.9. The minimum atomic E-state index is -0.413. The number of anilines is 1. The van der Waals surface area contributed by atoms with E-state index in [0.717, 1.165) is 82.6 Å². The molecule has 1 aromatic rings. The molecule has 0 aromatic heterocycles. The highest BCUT2D eigenvalue weighted by atomic mass is 16.5. The largest absolute Gasteiger partial charge is 0.495 e. The number of benzene rings is 1. The fraction of sp³-hybridized carbons (Fsp3) is 0.692. The summed E-state index contributed by atoms with van der Waals surface area (Å²) < 4.78 is 5.51. The van der Waals surface area contributed by atoms with Crippen molar-refractivity contribution in [3.63, 3.8) is 0 Å². The van der Waals surface area contributed by atoms with Crippen LogP contribution in [0.15, 0.2) is 24.3 Å². The Bertz CT molecular complexity index is 895.